The van der Waals surface area contributed by atoms with E-state index in [0.717, 1.165) is 11.1 Å². The van der Waals surface area contributed by atoms with Crippen LogP contribution < -0.4 is 0 Å². The van der Waals surface area contributed by atoms with Crippen LogP contribution in [0.1, 0.15) is 17.2 Å². The summed E-state index contributed by atoms with van der Waals surface area (Å²) in [6.45, 7) is 0.906. The number of rotatable bonds is 7. The van der Waals surface area contributed by atoms with E-state index in [4.69, 9.17) is 4.74 Å². The molecule has 0 bridgehead atoms. The Morgan fingerprint density at radius 1 is 0.909 bits per heavy atom. The van der Waals surface area contributed by atoms with E-state index in [1.54, 1.807) is 0 Å². The molecule has 2 aromatic rings. The lowest BCUT2D eigenvalue weighted by atomic mass is 10.0. The van der Waals surface area contributed by atoms with Gasteiger partial charge in [-0.1, -0.05) is 60.7 Å². The predicted octanol–water partition coefficient (Wildman–Crippen LogP) is 3.14. The van der Waals surface area contributed by atoms with Crippen LogP contribution in [0.5, 0.6) is 0 Å². The smallest absolute Gasteiger partial charge is 0.108 e. The zero-order valence-corrected chi connectivity index (χ0v) is 13.9. The molecule has 0 aromatic heterocycles. The molecule has 0 heterocycles. The number of aliphatic hydroxyl groups is 1. The minimum absolute atomic E-state index is 0. The molecule has 0 amide bonds. The first-order chi connectivity index (χ1) is 10.2. The maximum Gasteiger partial charge on any atom is 0.108 e. The van der Waals surface area contributed by atoms with E-state index >= 15 is 0 Å². The van der Waals surface area contributed by atoms with E-state index in [9.17, 15) is 5.11 Å². The Balaban J connectivity index is 0.00000242. The fourth-order valence-corrected chi connectivity index (χ4v) is 2.32. The summed E-state index contributed by atoms with van der Waals surface area (Å²) in [5.74, 6) is 0. The third kappa shape index (κ3) is 5.78. The molecule has 0 radical (unpaired) electrons. The minimum atomic E-state index is -0.491. The highest BCUT2D eigenvalue weighted by molar-refractivity contribution is 5.85. The van der Waals surface area contributed by atoms with Crippen molar-refractivity contribution in [3.63, 3.8) is 0 Å². The lowest BCUT2D eigenvalue weighted by molar-refractivity contribution is -0.00301. The zero-order chi connectivity index (χ0) is 15.1. The van der Waals surface area contributed by atoms with Crippen molar-refractivity contribution < 1.29 is 9.84 Å². The molecule has 2 aromatic carbocycles. The number of aliphatic hydroxyl groups excluding tert-OH is 1. The molecule has 22 heavy (non-hydrogen) atoms. The van der Waals surface area contributed by atoms with Gasteiger partial charge in [0.2, 0.25) is 0 Å². The van der Waals surface area contributed by atoms with Gasteiger partial charge >= 0.3 is 0 Å². The van der Waals surface area contributed by atoms with E-state index in [1.807, 2.05) is 55.4 Å². The SMILES string of the molecule is CN(C)CC(O)COC(c1ccccc1)c1ccccc1.Cl. The number of likely N-dealkylation sites (N-methyl/N-ethyl adjacent to an activating group) is 1. The van der Waals surface area contributed by atoms with Crippen molar-refractivity contribution in [2.45, 2.75) is 12.2 Å². The van der Waals surface area contributed by atoms with Gasteiger partial charge in [-0.25, -0.2) is 0 Å². The van der Waals surface area contributed by atoms with Crippen LogP contribution in [0.15, 0.2) is 60.7 Å². The van der Waals surface area contributed by atoms with Crippen molar-refractivity contribution in [1.82, 2.24) is 4.90 Å². The summed E-state index contributed by atoms with van der Waals surface area (Å²) >= 11 is 0. The van der Waals surface area contributed by atoms with Crippen molar-refractivity contribution >= 4 is 12.4 Å². The van der Waals surface area contributed by atoms with Crippen molar-refractivity contribution in [3.8, 4) is 0 Å². The third-order valence-corrected chi connectivity index (χ3v) is 3.24. The molecule has 2 rings (SSSR count). The molecule has 0 spiro atoms. The fourth-order valence-electron chi connectivity index (χ4n) is 2.32. The largest absolute Gasteiger partial charge is 0.389 e. The summed E-state index contributed by atoms with van der Waals surface area (Å²) in [7, 11) is 3.88. The normalized spacial score (nSPS) is 12.2. The Morgan fingerprint density at radius 2 is 1.36 bits per heavy atom. The van der Waals surface area contributed by atoms with Gasteiger partial charge in [-0.2, -0.15) is 0 Å². The summed E-state index contributed by atoms with van der Waals surface area (Å²) in [6, 6.07) is 20.2. The molecule has 0 aliphatic heterocycles. The van der Waals surface area contributed by atoms with Crippen LogP contribution in [-0.2, 0) is 4.74 Å². The number of hydrogen-bond donors (Lipinski definition) is 1. The molecule has 0 saturated carbocycles. The maximum absolute atomic E-state index is 10.00. The topological polar surface area (TPSA) is 32.7 Å². The molecule has 0 aliphatic carbocycles. The van der Waals surface area contributed by atoms with Crippen LogP contribution in [0.25, 0.3) is 0 Å². The molecule has 0 fully saturated rings. The summed E-state index contributed by atoms with van der Waals surface area (Å²) in [5.41, 5.74) is 2.20. The Kier molecular flexibility index (Phi) is 8.13. The summed E-state index contributed by atoms with van der Waals surface area (Å²) < 4.78 is 6.00. The van der Waals surface area contributed by atoms with Gasteiger partial charge in [0.1, 0.15) is 6.10 Å². The minimum Gasteiger partial charge on any atom is -0.389 e. The Hall–Kier alpha value is -1.39. The number of halogens is 1. The molecule has 0 aliphatic rings. The van der Waals surface area contributed by atoms with Gasteiger partial charge in [-0.3, -0.25) is 0 Å². The van der Waals surface area contributed by atoms with Gasteiger partial charge in [-0.15, -0.1) is 12.4 Å². The molecule has 1 N–H and O–H groups in total. The van der Waals surface area contributed by atoms with Crippen LogP contribution in [0, 0.1) is 0 Å². The van der Waals surface area contributed by atoms with E-state index in [0.29, 0.717) is 13.2 Å². The van der Waals surface area contributed by atoms with Gasteiger partial charge in [0.15, 0.2) is 0 Å². The van der Waals surface area contributed by atoms with Crippen molar-refractivity contribution in [3.05, 3.63) is 71.8 Å². The molecule has 120 valence electrons. The van der Waals surface area contributed by atoms with Crippen LogP contribution in [0.4, 0.5) is 0 Å². The third-order valence-electron chi connectivity index (χ3n) is 3.24. The number of ether oxygens (including phenoxy) is 1. The van der Waals surface area contributed by atoms with Gasteiger partial charge in [0.25, 0.3) is 0 Å². The Morgan fingerprint density at radius 3 is 1.77 bits per heavy atom. The zero-order valence-electron chi connectivity index (χ0n) is 13.1. The fraction of sp³-hybridized carbons (Fsp3) is 0.333. The van der Waals surface area contributed by atoms with Crippen LogP contribution in [0.3, 0.4) is 0 Å². The maximum atomic E-state index is 10.00. The molecule has 3 nitrogen and oxygen atoms in total. The standard InChI is InChI=1S/C18H23NO2.ClH/c1-19(2)13-17(20)14-21-18(15-9-5-3-6-10-15)16-11-7-4-8-12-16;/h3-12,17-18,20H,13-14H2,1-2H3;1H. The highest BCUT2D eigenvalue weighted by Crippen LogP contribution is 2.25. The number of nitrogens with zero attached hydrogens (tertiary/aromatic N) is 1. The second-order valence-corrected chi connectivity index (χ2v) is 5.45. The van der Waals surface area contributed by atoms with Gasteiger partial charge < -0.3 is 14.7 Å². The Labute approximate surface area is 138 Å². The van der Waals surface area contributed by atoms with Crippen molar-refractivity contribution in [2.75, 3.05) is 27.2 Å². The highest BCUT2D eigenvalue weighted by Gasteiger charge is 2.16. The highest BCUT2D eigenvalue weighted by atomic mass is 35.5. The van der Waals surface area contributed by atoms with Crippen LogP contribution in [0.2, 0.25) is 0 Å². The lowest BCUT2D eigenvalue weighted by Gasteiger charge is -2.22. The lowest BCUT2D eigenvalue weighted by Crippen LogP contribution is -2.30. The van der Waals surface area contributed by atoms with Gasteiger partial charge in [0, 0.05) is 6.54 Å². The summed E-state index contributed by atoms with van der Waals surface area (Å²) in [5, 5.41) is 10.00. The Bertz CT molecular complexity index is 480. The first kappa shape index (κ1) is 18.7. The van der Waals surface area contributed by atoms with E-state index in [-0.39, 0.29) is 18.5 Å². The monoisotopic (exact) mass is 321 g/mol. The average molecular weight is 322 g/mol. The van der Waals surface area contributed by atoms with E-state index in [1.165, 1.54) is 0 Å². The molecular formula is C18H24ClNO2. The average Bonchev–Trinajstić information content (AvgIpc) is 2.49. The summed E-state index contributed by atoms with van der Waals surface area (Å²) in [6.07, 6.45) is -0.640. The number of hydrogen-bond acceptors (Lipinski definition) is 3. The van der Waals surface area contributed by atoms with Crippen LogP contribution >= 0.6 is 12.4 Å². The molecular weight excluding hydrogens is 298 g/mol. The van der Waals surface area contributed by atoms with Gasteiger partial charge in [0.05, 0.1) is 12.7 Å². The quantitative estimate of drug-likeness (QED) is 0.850. The summed E-state index contributed by atoms with van der Waals surface area (Å²) in [4.78, 5) is 1.95. The second-order valence-electron chi connectivity index (χ2n) is 5.45. The molecule has 1 unspecified atom stereocenters. The van der Waals surface area contributed by atoms with E-state index < -0.39 is 6.10 Å². The van der Waals surface area contributed by atoms with Gasteiger partial charge in [-0.05, 0) is 25.2 Å². The molecule has 1 atom stereocenters. The van der Waals surface area contributed by atoms with Crippen molar-refractivity contribution in [1.29, 1.82) is 0 Å². The van der Waals surface area contributed by atoms with Crippen LogP contribution in [-0.4, -0.2) is 43.4 Å². The molecule has 0 saturated heterocycles. The molecule has 4 heteroatoms. The van der Waals surface area contributed by atoms with Crippen molar-refractivity contribution in [2.24, 2.45) is 0 Å². The van der Waals surface area contributed by atoms with E-state index in [2.05, 4.69) is 24.3 Å². The second kappa shape index (κ2) is 9.59. The first-order valence-corrected chi connectivity index (χ1v) is 7.21. The number of benzene rings is 2. The first-order valence-electron chi connectivity index (χ1n) is 7.21. The predicted molar refractivity (Wildman–Crippen MR) is 92.5 cm³/mol.